The number of aryl methyl sites for hydroxylation is 1. The second kappa shape index (κ2) is 5.37. The third-order valence-electron chi connectivity index (χ3n) is 4.21. The molecule has 2 heterocycles. The van der Waals surface area contributed by atoms with E-state index >= 15 is 0 Å². The minimum atomic E-state index is 0.816. The summed E-state index contributed by atoms with van der Waals surface area (Å²) in [6.07, 6.45) is 1.89. The Balaban J connectivity index is 1.82. The van der Waals surface area contributed by atoms with Crippen molar-refractivity contribution in [3.63, 3.8) is 0 Å². The lowest BCUT2D eigenvalue weighted by atomic mass is 10.1. The van der Waals surface area contributed by atoms with Crippen molar-refractivity contribution in [2.45, 2.75) is 33.5 Å². The van der Waals surface area contributed by atoms with Gasteiger partial charge >= 0.3 is 0 Å². The van der Waals surface area contributed by atoms with Crippen LogP contribution in [0.25, 0.3) is 0 Å². The summed E-state index contributed by atoms with van der Waals surface area (Å²) in [5.41, 5.74) is 12.8. The van der Waals surface area contributed by atoms with Gasteiger partial charge in [-0.15, -0.1) is 0 Å². The second-order valence-corrected chi connectivity index (χ2v) is 5.68. The average molecular weight is 283 g/mol. The fraction of sp³-hybridized carbons (Fsp3) is 0.353. The van der Waals surface area contributed by atoms with Crippen LogP contribution in [0.1, 0.15) is 27.9 Å². The summed E-state index contributed by atoms with van der Waals surface area (Å²) in [5, 5.41) is 0. The van der Waals surface area contributed by atoms with Crippen LogP contribution in [-0.4, -0.2) is 17.0 Å². The smallest absolute Gasteiger partial charge is 0.128 e. The van der Waals surface area contributed by atoms with E-state index in [1.165, 1.54) is 11.1 Å². The number of nitrogens with two attached hydrogens (primary N) is 1. The molecule has 2 aromatic rings. The van der Waals surface area contributed by atoms with E-state index in [2.05, 4.69) is 22.9 Å². The molecular weight excluding hydrogens is 262 g/mol. The van der Waals surface area contributed by atoms with Crippen LogP contribution < -0.4 is 10.5 Å². The summed E-state index contributed by atoms with van der Waals surface area (Å²) in [4.78, 5) is 6.95. The number of rotatable bonds is 3. The van der Waals surface area contributed by atoms with Crippen LogP contribution >= 0.6 is 0 Å². The molecule has 0 aliphatic carbocycles. The van der Waals surface area contributed by atoms with Crippen LogP contribution in [0.4, 0.5) is 5.69 Å². The molecule has 0 saturated heterocycles. The van der Waals surface area contributed by atoms with Crippen molar-refractivity contribution in [1.29, 1.82) is 0 Å². The number of nitrogen functional groups attached to an aromatic ring is 1. The minimum absolute atomic E-state index is 0.816. The molecule has 0 radical (unpaired) electrons. The number of aromatic nitrogens is 1. The number of methoxy groups -OCH3 is 1. The maximum absolute atomic E-state index is 6.06. The summed E-state index contributed by atoms with van der Waals surface area (Å²) >= 11 is 0. The first-order valence-electron chi connectivity index (χ1n) is 7.17. The lowest BCUT2D eigenvalue weighted by molar-refractivity contribution is 0.271. The van der Waals surface area contributed by atoms with E-state index in [1.807, 2.05) is 25.3 Å². The van der Waals surface area contributed by atoms with Crippen LogP contribution in [0.3, 0.4) is 0 Å². The van der Waals surface area contributed by atoms with Crippen LogP contribution in [0.15, 0.2) is 24.4 Å². The molecule has 0 saturated carbocycles. The summed E-state index contributed by atoms with van der Waals surface area (Å²) in [5.74, 6) is 0.941. The zero-order chi connectivity index (χ0) is 15.0. The number of hydrogen-bond acceptors (Lipinski definition) is 4. The summed E-state index contributed by atoms with van der Waals surface area (Å²) in [6, 6.07) is 6.15. The molecule has 2 N–H and O–H groups in total. The molecule has 1 aromatic heterocycles. The predicted octanol–water partition coefficient (Wildman–Crippen LogP) is 2.81. The van der Waals surface area contributed by atoms with E-state index in [4.69, 9.17) is 10.5 Å². The van der Waals surface area contributed by atoms with Gasteiger partial charge in [-0.1, -0.05) is 12.1 Å². The van der Waals surface area contributed by atoms with Gasteiger partial charge in [0.05, 0.1) is 12.8 Å². The Kier molecular flexibility index (Phi) is 3.55. The van der Waals surface area contributed by atoms with E-state index in [-0.39, 0.29) is 0 Å². The van der Waals surface area contributed by atoms with Crippen LogP contribution in [0.2, 0.25) is 0 Å². The molecule has 0 spiro atoms. The van der Waals surface area contributed by atoms with E-state index in [9.17, 15) is 0 Å². The molecule has 21 heavy (non-hydrogen) atoms. The highest BCUT2D eigenvalue weighted by molar-refractivity contribution is 5.52. The maximum atomic E-state index is 6.06. The summed E-state index contributed by atoms with van der Waals surface area (Å²) in [7, 11) is 1.71. The zero-order valence-corrected chi connectivity index (χ0v) is 12.8. The first-order chi connectivity index (χ1) is 10.1. The van der Waals surface area contributed by atoms with Gasteiger partial charge in [0.15, 0.2) is 0 Å². The number of benzene rings is 1. The van der Waals surface area contributed by atoms with Crippen molar-refractivity contribution in [2.24, 2.45) is 0 Å². The van der Waals surface area contributed by atoms with Gasteiger partial charge in [0.25, 0.3) is 0 Å². The Labute approximate surface area is 125 Å². The molecule has 4 nitrogen and oxygen atoms in total. The van der Waals surface area contributed by atoms with E-state index in [1.54, 1.807) is 7.11 Å². The number of hydrogen-bond donors (Lipinski definition) is 1. The Morgan fingerprint density at radius 3 is 2.81 bits per heavy atom. The molecule has 0 bridgehead atoms. The van der Waals surface area contributed by atoms with Crippen molar-refractivity contribution >= 4 is 5.69 Å². The molecular formula is C17H21N3O. The minimum Gasteiger partial charge on any atom is -0.496 e. The van der Waals surface area contributed by atoms with Crippen LogP contribution in [0, 0.1) is 13.8 Å². The fourth-order valence-corrected chi connectivity index (χ4v) is 3.07. The van der Waals surface area contributed by atoms with Gasteiger partial charge in [-0.05, 0) is 31.0 Å². The highest BCUT2D eigenvalue weighted by Crippen LogP contribution is 2.30. The Hall–Kier alpha value is -2.07. The molecule has 4 heteroatoms. The van der Waals surface area contributed by atoms with Gasteiger partial charge in [0.1, 0.15) is 5.75 Å². The van der Waals surface area contributed by atoms with Gasteiger partial charge < -0.3 is 10.5 Å². The molecule has 0 unspecified atom stereocenters. The number of nitrogens with zero attached hydrogens (tertiary/aromatic N) is 2. The monoisotopic (exact) mass is 283 g/mol. The third-order valence-corrected chi connectivity index (χ3v) is 4.21. The lowest BCUT2D eigenvalue weighted by Crippen LogP contribution is -2.18. The van der Waals surface area contributed by atoms with Gasteiger partial charge in [-0.2, -0.15) is 0 Å². The van der Waals surface area contributed by atoms with Gasteiger partial charge in [-0.3, -0.25) is 9.88 Å². The summed E-state index contributed by atoms with van der Waals surface area (Å²) < 4.78 is 5.48. The predicted molar refractivity (Wildman–Crippen MR) is 84.1 cm³/mol. The Morgan fingerprint density at radius 1 is 1.29 bits per heavy atom. The second-order valence-electron chi connectivity index (χ2n) is 5.68. The molecule has 0 fully saturated rings. The summed E-state index contributed by atoms with van der Waals surface area (Å²) in [6.45, 7) is 6.73. The molecule has 0 amide bonds. The maximum Gasteiger partial charge on any atom is 0.128 e. The van der Waals surface area contributed by atoms with Crippen molar-refractivity contribution in [1.82, 2.24) is 9.88 Å². The van der Waals surface area contributed by atoms with E-state index in [0.29, 0.717) is 0 Å². The number of anilines is 1. The largest absolute Gasteiger partial charge is 0.496 e. The normalized spacial score (nSPS) is 14.2. The zero-order valence-electron chi connectivity index (χ0n) is 12.8. The first kappa shape index (κ1) is 13.9. The molecule has 0 atom stereocenters. The van der Waals surface area contributed by atoms with Gasteiger partial charge in [0.2, 0.25) is 0 Å². The molecule has 3 rings (SSSR count). The lowest BCUT2D eigenvalue weighted by Gasteiger charge is -2.18. The highest BCUT2D eigenvalue weighted by Gasteiger charge is 2.22. The van der Waals surface area contributed by atoms with Crippen LogP contribution in [-0.2, 0) is 19.6 Å². The molecule has 1 aromatic carbocycles. The Bertz CT molecular complexity index is 682. The fourth-order valence-electron chi connectivity index (χ4n) is 3.07. The highest BCUT2D eigenvalue weighted by atomic mass is 16.5. The Morgan fingerprint density at radius 2 is 2.10 bits per heavy atom. The molecule has 110 valence electrons. The number of fused-ring (bicyclic) bond motifs is 1. The topological polar surface area (TPSA) is 51.4 Å². The standard InChI is InChI=1S/C17H21N3O/c1-11-7-19-16(12(2)17(11)21-3)10-20-8-13-5-4-6-15(18)14(13)9-20/h4-7H,8-10,18H2,1-3H3. The average Bonchev–Trinajstić information content (AvgIpc) is 2.87. The number of ether oxygens (including phenoxy) is 1. The van der Waals surface area contributed by atoms with Crippen molar-refractivity contribution < 1.29 is 4.74 Å². The molecule has 1 aliphatic rings. The van der Waals surface area contributed by atoms with Crippen molar-refractivity contribution in [3.8, 4) is 5.75 Å². The number of pyridine rings is 1. The molecule has 1 aliphatic heterocycles. The van der Waals surface area contributed by atoms with Crippen LogP contribution in [0.5, 0.6) is 5.75 Å². The SMILES string of the molecule is COc1c(C)cnc(CN2Cc3cccc(N)c3C2)c1C. The van der Waals surface area contributed by atoms with Crippen molar-refractivity contribution in [2.75, 3.05) is 12.8 Å². The third kappa shape index (κ3) is 2.47. The van der Waals surface area contributed by atoms with Gasteiger partial charge in [-0.25, -0.2) is 0 Å². The van der Waals surface area contributed by atoms with Crippen molar-refractivity contribution in [3.05, 3.63) is 52.3 Å². The quantitative estimate of drug-likeness (QED) is 0.880. The van der Waals surface area contributed by atoms with E-state index in [0.717, 1.165) is 47.9 Å². The first-order valence-corrected chi connectivity index (χ1v) is 7.17. The van der Waals surface area contributed by atoms with E-state index < -0.39 is 0 Å². The van der Waals surface area contributed by atoms with Gasteiger partial charge in [0, 0.05) is 42.6 Å².